The van der Waals surface area contributed by atoms with Gasteiger partial charge in [0.25, 0.3) is 5.91 Å². The highest BCUT2D eigenvalue weighted by atomic mass is 32.2. The summed E-state index contributed by atoms with van der Waals surface area (Å²) in [6.45, 7) is 7.83. The molecule has 1 aliphatic heterocycles. The van der Waals surface area contributed by atoms with Gasteiger partial charge in [0.2, 0.25) is 0 Å². The fourth-order valence-electron chi connectivity index (χ4n) is 1.72. The second kappa shape index (κ2) is 5.12. The van der Waals surface area contributed by atoms with Crippen LogP contribution in [-0.2, 0) is 4.79 Å². The zero-order chi connectivity index (χ0) is 13.3. The minimum absolute atomic E-state index is 0.0665. The van der Waals surface area contributed by atoms with Crippen LogP contribution in [0, 0.1) is 13.8 Å². The molecule has 0 bridgehead atoms. The van der Waals surface area contributed by atoms with Crippen molar-refractivity contribution in [1.29, 1.82) is 0 Å². The van der Waals surface area contributed by atoms with Gasteiger partial charge in [0.1, 0.15) is 15.8 Å². The highest BCUT2D eigenvalue weighted by Crippen LogP contribution is 2.33. The molecule has 18 heavy (non-hydrogen) atoms. The Morgan fingerprint density at radius 1 is 1.56 bits per heavy atom. The first-order valence-corrected chi connectivity index (χ1v) is 6.68. The topological polar surface area (TPSA) is 33.5 Å². The number of thioether (sulfide) groups is 1. The molecule has 1 fully saturated rings. The lowest BCUT2D eigenvalue weighted by Gasteiger charge is -2.10. The Labute approximate surface area is 116 Å². The lowest BCUT2D eigenvalue weighted by Crippen LogP contribution is -2.27. The van der Waals surface area contributed by atoms with E-state index in [4.69, 9.17) is 16.6 Å². The summed E-state index contributed by atoms with van der Waals surface area (Å²) in [5, 5.41) is 0. The number of carbonyl (C=O) groups is 1. The van der Waals surface area contributed by atoms with Gasteiger partial charge in [-0.2, -0.15) is 0 Å². The van der Waals surface area contributed by atoms with E-state index < -0.39 is 0 Å². The van der Waals surface area contributed by atoms with Crippen molar-refractivity contribution in [3.8, 4) is 0 Å². The van der Waals surface area contributed by atoms with Crippen LogP contribution in [0.5, 0.6) is 0 Å². The minimum Gasteiger partial charge on any atom is -0.466 e. The molecule has 1 amide bonds. The summed E-state index contributed by atoms with van der Waals surface area (Å²) in [4.78, 5) is 14.3. The monoisotopic (exact) mass is 279 g/mol. The van der Waals surface area contributed by atoms with Gasteiger partial charge in [-0.05, 0) is 26.0 Å². The van der Waals surface area contributed by atoms with E-state index in [9.17, 15) is 4.79 Å². The molecule has 0 saturated carbocycles. The Bertz CT molecular complexity index is 557. The summed E-state index contributed by atoms with van der Waals surface area (Å²) < 4.78 is 6.01. The Kier molecular flexibility index (Phi) is 3.73. The van der Waals surface area contributed by atoms with Gasteiger partial charge in [0, 0.05) is 12.1 Å². The van der Waals surface area contributed by atoms with Gasteiger partial charge in [-0.25, -0.2) is 0 Å². The number of furan rings is 1. The van der Waals surface area contributed by atoms with E-state index in [0.29, 0.717) is 15.8 Å². The summed E-state index contributed by atoms with van der Waals surface area (Å²) in [6, 6.07) is 1.91. The molecule has 0 spiro atoms. The number of rotatable bonds is 3. The van der Waals surface area contributed by atoms with Crippen molar-refractivity contribution in [3.05, 3.63) is 40.7 Å². The number of carbonyl (C=O) groups excluding carboxylic acids is 1. The van der Waals surface area contributed by atoms with Crippen LogP contribution in [0.2, 0.25) is 0 Å². The summed E-state index contributed by atoms with van der Waals surface area (Å²) >= 11 is 6.48. The van der Waals surface area contributed by atoms with E-state index in [1.807, 2.05) is 26.0 Å². The van der Waals surface area contributed by atoms with Crippen LogP contribution >= 0.6 is 24.0 Å². The molecule has 5 heteroatoms. The van der Waals surface area contributed by atoms with E-state index in [2.05, 4.69) is 6.58 Å². The average Bonchev–Trinajstić information content (AvgIpc) is 2.74. The average molecular weight is 279 g/mol. The van der Waals surface area contributed by atoms with Crippen LogP contribution in [0.25, 0.3) is 6.08 Å². The first-order chi connectivity index (χ1) is 8.52. The molecule has 2 heterocycles. The molecular weight excluding hydrogens is 266 g/mol. The molecule has 0 unspecified atom stereocenters. The number of nitrogens with zero attached hydrogens (tertiary/aromatic N) is 1. The number of aryl methyl sites for hydroxylation is 2. The minimum atomic E-state index is -0.0665. The predicted molar refractivity (Wildman–Crippen MR) is 78.3 cm³/mol. The number of hydrogen-bond acceptors (Lipinski definition) is 4. The van der Waals surface area contributed by atoms with Crippen LogP contribution in [-0.4, -0.2) is 21.7 Å². The molecule has 1 saturated heterocycles. The van der Waals surface area contributed by atoms with Crippen LogP contribution < -0.4 is 0 Å². The van der Waals surface area contributed by atoms with Crippen molar-refractivity contribution in [2.75, 3.05) is 6.54 Å². The van der Waals surface area contributed by atoms with E-state index in [0.717, 1.165) is 17.1 Å². The lowest BCUT2D eigenvalue weighted by molar-refractivity contribution is -0.121. The summed E-state index contributed by atoms with van der Waals surface area (Å²) in [6.07, 6.45) is 3.50. The number of thiocarbonyl (C=S) groups is 1. The van der Waals surface area contributed by atoms with Crippen molar-refractivity contribution in [2.24, 2.45) is 0 Å². The zero-order valence-corrected chi connectivity index (χ0v) is 11.9. The molecule has 94 valence electrons. The Hall–Kier alpha value is -1.33. The fraction of sp³-hybridized carbons (Fsp3) is 0.231. The van der Waals surface area contributed by atoms with Crippen molar-refractivity contribution >= 4 is 40.3 Å². The molecule has 1 aliphatic rings. The molecule has 0 aliphatic carbocycles. The number of amides is 1. The van der Waals surface area contributed by atoms with Gasteiger partial charge >= 0.3 is 0 Å². The highest BCUT2D eigenvalue weighted by Gasteiger charge is 2.31. The standard InChI is InChI=1S/C13H13NO2S2/c1-4-5-14-12(15)11(18-13(14)17)7-10-6-8(2)16-9(10)3/h4,6-7H,1,5H2,2-3H3/b11-7-. The number of hydrogen-bond donors (Lipinski definition) is 0. The van der Waals surface area contributed by atoms with Gasteiger partial charge < -0.3 is 4.42 Å². The van der Waals surface area contributed by atoms with E-state index in [1.165, 1.54) is 11.8 Å². The maximum atomic E-state index is 12.1. The van der Waals surface area contributed by atoms with Gasteiger partial charge in [-0.3, -0.25) is 9.69 Å². The summed E-state index contributed by atoms with van der Waals surface area (Å²) in [7, 11) is 0. The zero-order valence-electron chi connectivity index (χ0n) is 10.2. The summed E-state index contributed by atoms with van der Waals surface area (Å²) in [5.74, 6) is 1.57. The third kappa shape index (κ3) is 2.42. The van der Waals surface area contributed by atoms with E-state index in [-0.39, 0.29) is 5.91 Å². The largest absolute Gasteiger partial charge is 0.466 e. The van der Waals surface area contributed by atoms with Crippen molar-refractivity contribution < 1.29 is 9.21 Å². The Morgan fingerprint density at radius 2 is 2.28 bits per heavy atom. The van der Waals surface area contributed by atoms with Gasteiger partial charge in [0.05, 0.1) is 4.91 Å². The van der Waals surface area contributed by atoms with Gasteiger partial charge in [0.15, 0.2) is 0 Å². The first kappa shape index (κ1) is 13.1. The van der Waals surface area contributed by atoms with Gasteiger partial charge in [-0.15, -0.1) is 6.58 Å². The SMILES string of the molecule is C=CCN1C(=O)/C(=C/c2cc(C)oc2C)SC1=S. The Balaban J connectivity index is 2.30. The maximum absolute atomic E-state index is 12.1. The van der Waals surface area contributed by atoms with Gasteiger partial charge in [-0.1, -0.05) is 30.1 Å². The Morgan fingerprint density at radius 3 is 2.83 bits per heavy atom. The lowest BCUT2D eigenvalue weighted by atomic mass is 10.2. The first-order valence-electron chi connectivity index (χ1n) is 5.46. The second-order valence-corrected chi connectivity index (χ2v) is 5.63. The van der Waals surface area contributed by atoms with Crippen molar-refractivity contribution in [1.82, 2.24) is 4.90 Å². The maximum Gasteiger partial charge on any atom is 0.266 e. The molecule has 0 aromatic carbocycles. The molecule has 3 nitrogen and oxygen atoms in total. The van der Waals surface area contributed by atoms with E-state index in [1.54, 1.807) is 11.0 Å². The highest BCUT2D eigenvalue weighted by molar-refractivity contribution is 8.26. The van der Waals surface area contributed by atoms with E-state index >= 15 is 0 Å². The van der Waals surface area contributed by atoms with Crippen molar-refractivity contribution in [2.45, 2.75) is 13.8 Å². The van der Waals surface area contributed by atoms with Crippen LogP contribution in [0.4, 0.5) is 0 Å². The normalized spacial score (nSPS) is 17.9. The molecule has 0 atom stereocenters. The molecule has 0 radical (unpaired) electrons. The van der Waals surface area contributed by atoms with Crippen molar-refractivity contribution in [3.63, 3.8) is 0 Å². The molecular formula is C13H13NO2S2. The molecule has 0 N–H and O–H groups in total. The summed E-state index contributed by atoms with van der Waals surface area (Å²) in [5.41, 5.74) is 0.923. The smallest absolute Gasteiger partial charge is 0.266 e. The molecule has 2 rings (SSSR count). The van der Waals surface area contributed by atoms with Crippen LogP contribution in [0.3, 0.4) is 0 Å². The second-order valence-electron chi connectivity index (χ2n) is 3.95. The van der Waals surface area contributed by atoms with Crippen LogP contribution in [0.1, 0.15) is 17.1 Å². The molecule has 1 aromatic rings. The predicted octanol–water partition coefficient (Wildman–Crippen LogP) is 3.28. The molecule has 1 aromatic heterocycles. The fourth-order valence-corrected chi connectivity index (χ4v) is 2.99. The van der Waals surface area contributed by atoms with Crippen LogP contribution in [0.15, 0.2) is 28.0 Å². The third-order valence-electron chi connectivity index (χ3n) is 2.55. The third-order valence-corrected chi connectivity index (χ3v) is 3.93. The quantitative estimate of drug-likeness (QED) is 0.483.